The number of benzene rings is 1. The van der Waals surface area contributed by atoms with Crippen molar-refractivity contribution < 1.29 is 4.74 Å². The lowest BCUT2D eigenvalue weighted by molar-refractivity contribution is 0.379. The quantitative estimate of drug-likeness (QED) is 0.852. The van der Waals surface area contributed by atoms with Crippen molar-refractivity contribution in [2.24, 2.45) is 0 Å². The SMILES string of the molecule is COc1nc(Cl)nc(-c2cccc(C(C)C)c2)n1. The maximum atomic E-state index is 5.84. The number of ether oxygens (including phenoxy) is 1. The fourth-order valence-corrected chi connectivity index (χ4v) is 1.74. The molecule has 0 aliphatic rings. The zero-order valence-corrected chi connectivity index (χ0v) is 11.3. The molecule has 1 aromatic carbocycles. The van der Waals surface area contributed by atoms with Gasteiger partial charge in [0.1, 0.15) is 0 Å². The molecule has 5 heteroatoms. The predicted molar refractivity (Wildman–Crippen MR) is 70.9 cm³/mol. The van der Waals surface area contributed by atoms with Gasteiger partial charge in [-0.1, -0.05) is 32.0 Å². The van der Waals surface area contributed by atoms with Crippen LogP contribution in [0.4, 0.5) is 0 Å². The van der Waals surface area contributed by atoms with Crippen LogP contribution in [-0.4, -0.2) is 22.1 Å². The Morgan fingerprint density at radius 2 is 1.94 bits per heavy atom. The van der Waals surface area contributed by atoms with E-state index in [1.807, 2.05) is 12.1 Å². The normalized spacial score (nSPS) is 10.7. The number of halogens is 1. The molecule has 0 atom stereocenters. The largest absolute Gasteiger partial charge is 0.467 e. The molecule has 0 saturated heterocycles. The molecule has 0 fully saturated rings. The molecule has 0 amide bonds. The summed E-state index contributed by atoms with van der Waals surface area (Å²) in [5.41, 5.74) is 2.13. The Morgan fingerprint density at radius 3 is 2.61 bits per heavy atom. The van der Waals surface area contributed by atoms with Crippen LogP contribution < -0.4 is 4.74 Å². The van der Waals surface area contributed by atoms with Crippen molar-refractivity contribution in [1.82, 2.24) is 15.0 Å². The van der Waals surface area contributed by atoms with Crippen molar-refractivity contribution in [3.05, 3.63) is 35.1 Å². The minimum absolute atomic E-state index is 0.131. The number of rotatable bonds is 3. The van der Waals surface area contributed by atoms with E-state index in [0.29, 0.717) is 11.7 Å². The van der Waals surface area contributed by atoms with E-state index in [1.54, 1.807) is 0 Å². The van der Waals surface area contributed by atoms with Gasteiger partial charge in [0.2, 0.25) is 5.28 Å². The van der Waals surface area contributed by atoms with Gasteiger partial charge in [-0.3, -0.25) is 0 Å². The van der Waals surface area contributed by atoms with E-state index in [-0.39, 0.29) is 11.3 Å². The number of hydrogen-bond donors (Lipinski definition) is 0. The minimum atomic E-state index is 0.131. The first kappa shape index (κ1) is 12.8. The molecule has 94 valence electrons. The summed E-state index contributed by atoms with van der Waals surface area (Å²) in [7, 11) is 1.50. The topological polar surface area (TPSA) is 47.9 Å². The van der Waals surface area contributed by atoms with E-state index >= 15 is 0 Å². The molecule has 2 aromatic rings. The molecule has 1 aromatic heterocycles. The van der Waals surface area contributed by atoms with Crippen LogP contribution in [0.1, 0.15) is 25.3 Å². The van der Waals surface area contributed by atoms with E-state index in [9.17, 15) is 0 Å². The maximum Gasteiger partial charge on any atom is 0.321 e. The molecule has 0 spiro atoms. The van der Waals surface area contributed by atoms with E-state index in [2.05, 4.69) is 40.9 Å². The van der Waals surface area contributed by atoms with Gasteiger partial charge in [0.25, 0.3) is 0 Å². The second kappa shape index (κ2) is 5.31. The summed E-state index contributed by atoms with van der Waals surface area (Å²) in [6.07, 6.45) is 0. The molecular formula is C13H14ClN3O. The number of nitrogens with zero attached hydrogens (tertiary/aromatic N) is 3. The first-order chi connectivity index (χ1) is 8.60. The standard InChI is InChI=1S/C13H14ClN3O/c1-8(2)9-5-4-6-10(7-9)11-15-12(14)17-13(16-11)18-3/h4-8H,1-3H3. The molecule has 0 bridgehead atoms. The molecule has 0 saturated carbocycles. The van der Waals surface area contributed by atoms with Crippen LogP contribution in [0.2, 0.25) is 5.28 Å². The summed E-state index contributed by atoms with van der Waals surface area (Å²) in [4.78, 5) is 12.2. The van der Waals surface area contributed by atoms with Crippen LogP contribution in [-0.2, 0) is 0 Å². The van der Waals surface area contributed by atoms with E-state index in [4.69, 9.17) is 16.3 Å². The van der Waals surface area contributed by atoms with Gasteiger partial charge in [0.05, 0.1) is 7.11 Å². The van der Waals surface area contributed by atoms with Crippen molar-refractivity contribution in [3.8, 4) is 17.4 Å². The van der Waals surface area contributed by atoms with Crippen LogP contribution >= 0.6 is 11.6 Å². The Kier molecular flexibility index (Phi) is 3.77. The van der Waals surface area contributed by atoms with Gasteiger partial charge in [0.15, 0.2) is 5.82 Å². The minimum Gasteiger partial charge on any atom is -0.467 e. The molecule has 18 heavy (non-hydrogen) atoms. The smallest absolute Gasteiger partial charge is 0.321 e. The van der Waals surface area contributed by atoms with Gasteiger partial charge in [-0.15, -0.1) is 0 Å². The second-order valence-electron chi connectivity index (χ2n) is 4.19. The highest BCUT2D eigenvalue weighted by Gasteiger charge is 2.09. The average Bonchev–Trinajstić information content (AvgIpc) is 2.38. The van der Waals surface area contributed by atoms with Crippen LogP contribution in [0.5, 0.6) is 6.01 Å². The average molecular weight is 264 g/mol. The summed E-state index contributed by atoms with van der Waals surface area (Å²) in [5, 5.41) is 0.131. The highest BCUT2D eigenvalue weighted by atomic mass is 35.5. The second-order valence-corrected chi connectivity index (χ2v) is 4.53. The Hall–Kier alpha value is -1.68. The summed E-state index contributed by atoms with van der Waals surface area (Å²) >= 11 is 5.84. The van der Waals surface area contributed by atoms with Crippen LogP contribution in [0.25, 0.3) is 11.4 Å². The molecule has 0 radical (unpaired) electrons. The third kappa shape index (κ3) is 2.76. The van der Waals surface area contributed by atoms with Crippen LogP contribution in [0.3, 0.4) is 0 Å². The molecule has 2 rings (SSSR count). The van der Waals surface area contributed by atoms with Gasteiger partial charge >= 0.3 is 6.01 Å². The summed E-state index contributed by atoms with van der Waals surface area (Å²) in [6.45, 7) is 4.28. The third-order valence-electron chi connectivity index (χ3n) is 2.58. The van der Waals surface area contributed by atoms with Crippen molar-refractivity contribution >= 4 is 11.6 Å². The van der Waals surface area contributed by atoms with Crippen molar-refractivity contribution in [2.45, 2.75) is 19.8 Å². The summed E-state index contributed by atoms with van der Waals surface area (Å²) in [6, 6.07) is 8.27. The molecular weight excluding hydrogens is 250 g/mol. The zero-order valence-electron chi connectivity index (χ0n) is 10.5. The van der Waals surface area contributed by atoms with Crippen molar-refractivity contribution in [1.29, 1.82) is 0 Å². The van der Waals surface area contributed by atoms with Gasteiger partial charge in [-0.25, -0.2) is 0 Å². The zero-order chi connectivity index (χ0) is 13.1. The lowest BCUT2D eigenvalue weighted by Crippen LogP contribution is -1.98. The van der Waals surface area contributed by atoms with Crippen LogP contribution in [0.15, 0.2) is 24.3 Å². The van der Waals surface area contributed by atoms with E-state index in [0.717, 1.165) is 5.56 Å². The number of aromatic nitrogens is 3. The molecule has 0 aliphatic heterocycles. The first-order valence-corrected chi connectivity index (χ1v) is 6.04. The Bertz CT molecular complexity index is 558. The van der Waals surface area contributed by atoms with E-state index < -0.39 is 0 Å². The predicted octanol–water partition coefficient (Wildman–Crippen LogP) is 3.32. The van der Waals surface area contributed by atoms with Gasteiger partial charge in [0, 0.05) is 5.56 Å². The fraction of sp³-hybridized carbons (Fsp3) is 0.308. The third-order valence-corrected chi connectivity index (χ3v) is 2.75. The monoisotopic (exact) mass is 263 g/mol. The Balaban J connectivity index is 2.47. The fourth-order valence-electron chi connectivity index (χ4n) is 1.59. The molecule has 0 unspecified atom stereocenters. The Labute approximate surface area is 111 Å². The highest BCUT2D eigenvalue weighted by Crippen LogP contribution is 2.23. The summed E-state index contributed by atoms with van der Waals surface area (Å²) in [5.74, 6) is 0.971. The number of hydrogen-bond acceptors (Lipinski definition) is 4. The van der Waals surface area contributed by atoms with Gasteiger partial charge in [-0.05, 0) is 29.1 Å². The van der Waals surface area contributed by atoms with Gasteiger partial charge in [-0.2, -0.15) is 15.0 Å². The van der Waals surface area contributed by atoms with Crippen molar-refractivity contribution in [3.63, 3.8) is 0 Å². The lowest BCUT2D eigenvalue weighted by atomic mass is 10.0. The maximum absolute atomic E-state index is 5.84. The van der Waals surface area contributed by atoms with Crippen molar-refractivity contribution in [2.75, 3.05) is 7.11 Å². The first-order valence-electron chi connectivity index (χ1n) is 5.66. The lowest BCUT2D eigenvalue weighted by Gasteiger charge is -2.08. The van der Waals surface area contributed by atoms with E-state index in [1.165, 1.54) is 12.7 Å². The number of methoxy groups -OCH3 is 1. The van der Waals surface area contributed by atoms with Crippen LogP contribution in [0, 0.1) is 0 Å². The molecule has 4 nitrogen and oxygen atoms in total. The molecule has 0 aliphatic carbocycles. The summed E-state index contributed by atoms with van der Waals surface area (Å²) < 4.78 is 4.99. The molecule has 0 N–H and O–H groups in total. The highest BCUT2D eigenvalue weighted by molar-refractivity contribution is 6.28. The van der Waals surface area contributed by atoms with Gasteiger partial charge < -0.3 is 4.74 Å². The molecule has 1 heterocycles. The Morgan fingerprint density at radius 1 is 1.17 bits per heavy atom.